The van der Waals surface area contributed by atoms with Crippen LogP contribution in [0.3, 0.4) is 0 Å². The molecule has 6 heteroatoms. The number of nitrogens with zero attached hydrogens (tertiary/aromatic N) is 1. The average Bonchev–Trinajstić information content (AvgIpc) is 3.02. The molecule has 23 heavy (non-hydrogen) atoms. The zero-order valence-electron chi connectivity index (χ0n) is 13.2. The predicted molar refractivity (Wildman–Crippen MR) is 84.9 cm³/mol. The van der Waals surface area contributed by atoms with Crippen LogP contribution in [-0.4, -0.2) is 46.9 Å². The van der Waals surface area contributed by atoms with E-state index in [2.05, 4.69) is 5.32 Å². The number of amides is 2. The summed E-state index contributed by atoms with van der Waals surface area (Å²) in [7, 11) is 0. The number of hydrogen-bond acceptors (Lipinski definition) is 3. The van der Waals surface area contributed by atoms with Gasteiger partial charge in [0.05, 0.1) is 6.54 Å². The van der Waals surface area contributed by atoms with Gasteiger partial charge >= 0.3 is 5.97 Å². The van der Waals surface area contributed by atoms with Crippen molar-refractivity contribution < 1.29 is 19.5 Å². The minimum absolute atomic E-state index is 0.142. The number of carbonyl (C=O) groups is 3. The van der Waals surface area contributed by atoms with Gasteiger partial charge in [-0.05, 0) is 31.7 Å². The van der Waals surface area contributed by atoms with Gasteiger partial charge in [-0.1, -0.05) is 29.8 Å². The Bertz CT molecular complexity index is 583. The van der Waals surface area contributed by atoms with Crippen molar-refractivity contribution in [3.63, 3.8) is 0 Å². The molecule has 0 radical (unpaired) electrons. The molecule has 0 unspecified atom stereocenters. The van der Waals surface area contributed by atoms with Crippen molar-refractivity contribution in [2.24, 2.45) is 0 Å². The fraction of sp³-hybridized carbons (Fsp3) is 0.471. The first-order valence-corrected chi connectivity index (χ1v) is 7.82. The predicted octanol–water partition coefficient (Wildman–Crippen LogP) is 1.12. The van der Waals surface area contributed by atoms with Crippen LogP contribution < -0.4 is 5.32 Å². The number of hydrogen-bond donors (Lipinski definition) is 2. The Labute approximate surface area is 135 Å². The lowest BCUT2D eigenvalue weighted by Gasteiger charge is -2.21. The van der Waals surface area contributed by atoms with Crippen molar-refractivity contribution in [3.05, 3.63) is 35.4 Å². The van der Waals surface area contributed by atoms with E-state index in [0.29, 0.717) is 32.2 Å². The average molecular weight is 318 g/mol. The molecule has 124 valence electrons. The molecular weight excluding hydrogens is 296 g/mol. The van der Waals surface area contributed by atoms with Gasteiger partial charge in [0, 0.05) is 13.0 Å². The first kappa shape index (κ1) is 17.0. The fourth-order valence-corrected chi connectivity index (χ4v) is 2.70. The highest BCUT2D eigenvalue weighted by atomic mass is 16.4. The highest BCUT2D eigenvalue weighted by Crippen LogP contribution is 2.17. The number of aryl methyl sites for hydroxylation is 2. The standard InChI is InChI=1S/C17H22N2O4/c1-12-4-6-13(7-5-12)8-9-15(20)18-11-16(21)19-10-2-3-14(19)17(22)23/h4-7,14H,2-3,8-11H2,1H3,(H,18,20)(H,22,23)/t14-/m0/s1. The van der Waals surface area contributed by atoms with E-state index in [1.165, 1.54) is 10.5 Å². The maximum absolute atomic E-state index is 12.0. The van der Waals surface area contributed by atoms with Crippen LogP contribution in [0.4, 0.5) is 0 Å². The molecule has 0 aromatic heterocycles. The van der Waals surface area contributed by atoms with Crippen LogP contribution in [0.15, 0.2) is 24.3 Å². The van der Waals surface area contributed by atoms with E-state index in [9.17, 15) is 14.4 Å². The Morgan fingerprint density at radius 1 is 1.26 bits per heavy atom. The third-order valence-electron chi connectivity index (χ3n) is 4.06. The first-order chi connectivity index (χ1) is 11.0. The van der Waals surface area contributed by atoms with Crippen LogP contribution in [0.1, 0.15) is 30.4 Å². The third-order valence-corrected chi connectivity index (χ3v) is 4.06. The molecule has 0 spiro atoms. The first-order valence-electron chi connectivity index (χ1n) is 7.82. The second-order valence-electron chi connectivity index (χ2n) is 5.85. The summed E-state index contributed by atoms with van der Waals surface area (Å²) in [6, 6.07) is 7.20. The molecule has 2 rings (SSSR count). The Morgan fingerprint density at radius 2 is 1.96 bits per heavy atom. The van der Waals surface area contributed by atoms with E-state index < -0.39 is 12.0 Å². The number of likely N-dealkylation sites (tertiary alicyclic amines) is 1. The van der Waals surface area contributed by atoms with Gasteiger partial charge in [0.2, 0.25) is 11.8 Å². The molecule has 1 fully saturated rings. The summed E-state index contributed by atoms with van der Waals surface area (Å²) in [5.41, 5.74) is 2.24. The highest BCUT2D eigenvalue weighted by molar-refractivity contribution is 5.88. The second-order valence-corrected chi connectivity index (χ2v) is 5.85. The van der Waals surface area contributed by atoms with E-state index >= 15 is 0 Å². The van der Waals surface area contributed by atoms with Crippen LogP contribution in [0.25, 0.3) is 0 Å². The lowest BCUT2D eigenvalue weighted by molar-refractivity contribution is -0.148. The van der Waals surface area contributed by atoms with E-state index in [1.54, 1.807) is 0 Å². The van der Waals surface area contributed by atoms with Crippen LogP contribution in [0, 0.1) is 6.92 Å². The molecule has 1 saturated heterocycles. The van der Waals surface area contributed by atoms with Gasteiger partial charge in [0.25, 0.3) is 0 Å². The minimum atomic E-state index is -0.985. The Morgan fingerprint density at radius 3 is 2.61 bits per heavy atom. The van der Waals surface area contributed by atoms with Gasteiger partial charge in [-0.2, -0.15) is 0 Å². The molecule has 0 bridgehead atoms. The normalized spacial score (nSPS) is 17.1. The molecule has 1 aliphatic rings. The van der Waals surface area contributed by atoms with Gasteiger partial charge in [-0.25, -0.2) is 4.79 Å². The summed E-state index contributed by atoms with van der Waals surface area (Å²) in [5, 5.41) is 11.6. The quantitative estimate of drug-likeness (QED) is 0.823. The van der Waals surface area contributed by atoms with Gasteiger partial charge in [0.1, 0.15) is 6.04 Å². The van der Waals surface area contributed by atoms with Gasteiger partial charge in [0.15, 0.2) is 0 Å². The lowest BCUT2D eigenvalue weighted by atomic mass is 10.1. The van der Waals surface area contributed by atoms with Crippen LogP contribution in [0.2, 0.25) is 0 Å². The summed E-state index contributed by atoms with van der Waals surface area (Å²) in [6.07, 6.45) is 2.08. The van der Waals surface area contributed by atoms with Crippen LogP contribution >= 0.6 is 0 Å². The number of benzene rings is 1. The molecule has 0 aliphatic carbocycles. The number of carbonyl (C=O) groups excluding carboxylic acids is 2. The Kier molecular flexibility index (Phi) is 5.73. The molecule has 1 atom stereocenters. The Hall–Kier alpha value is -2.37. The number of rotatable bonds is 6. The second kappa shape index (κ2) is 7.76. The van der Waals surface area contributed by atoms with Crippen molar-refractivity contribution in [3.8, 4) is 0 Å². The van der Waals surface area contributed by atoms with Gasteiger partial charge in [-0.15, -0.1) is 0 Å². The van der Waals surface area contributed by atoms with Gasteiger partial charge < -0.3 is 15.3 Å². The third kappa shape index (κ3) is 4.81. The van der Waals surface area contributed by atoms with Crippen molar-refractivity contribution in [2.75, 3.05) is 13.1 Å². The lowest BCUT2D eigenvalue weighted by Crippen LogP contribution is -2.45. The van der Waals surface area contributed by atoms with Crippen LogP contribution in [0.5, 0.6) is 0 Å². The zero-order chi connectivity index (χ0) is 16.8. The van der Waals surface area contributed by atoms with Crippen molar-refractivity contribution >= 4 is 17.8 Å². The topological polar surface area (TPSA) is 86.7 Å². The molecule has 2 amide bonds. The summed E-state index contributed by atoms with van der Waals surface area (Å²) >= 11 is 0. The largest absolute Gasteiger partial charge is 0.480 e. The molecule has 1 aliphatic heterocycles. The summed E-state index contributed by atoms with van der Waals surface area (Å²) < 4.78 is 0. The summed E-state index contributed by atoms with van der Waals surface area (Å²) in [5.74, 6) is -1.52. The molecule has 1 aromatic carbocycles. The van der Waals surface area contributed by atoms with Crippen molar-refractivity contribution in [2.45, 2.75) is 38.6 Å². The van der Waals surface area contributed by atoms with E-state index in [0.717, 1.165) is 5.56 Å². The molecule has 1 heterocycles. The van der Waals surface area contributed by atoms with Crippen molar-refractivity contribution in [1.29, 1.82) is 0 Å². The number of nitrogens with one attached hydrogen (secondary N) is 1. The molecule has 2 N–H and O–H groups in total. The fourth-order valence-electron chi connectivity index (χ4n) is 2.70. The minimum Gasteiger partial charge on any atom is -0.480 e. The maximum Gasteiger partial charge on any atom is 0.326 e. The SMILES string of the molecule is Cc1ccc(CCC(=O)NCC(=O)N2CCC[C@H]2C(=O)O)cc1. The monoisotopic (exact) mass is 318 g/mol. The smallest absolute Gasteiger partial charge is 0.326 e. The molecule has 1 aromatic rings. The molecular formula is C17H22N2O4. The maximum atomic E-state index is 12.0. The van der Waals surface area contributed by atoms with Crippen molar-refractivity contribution in [1.82, 2.24) is 10.2 Å². The number of carboxylic acids is 1. The highest BCUT2D eigenvalue weighted by Gasteiger charge is 2.33. The summed E-state index contributed by atoms with van der Waals surface area (Å²) in [4.78, 5) is 36.2. The van der Waals surface area contributed by atoms with Crippen LogP contribution in [-0.2, 0) is 20.8 Å². The number of carboxylic acid groups (broad SMARTS) is 1. The summed E-state index contributed by atoms with van der Waals surface area (Å²) in [6.45, 7) is 2.30. The molecule has 6 nitrogen and oxygen atoms in total. The Balaban J connectivity index is 1.74. The van der Waals surface area contributed by atoms with E-state index in [1.807, 2.05) is 31.2 Å². The van der Waals surface area contributed by atoms with E-state index in [4.69, 9.17) is 5.11 Å². The number of aliphatic carboxylic acids is 1. The molecule has 0 saturated carbocycles. The zero-order valence-corrected chi connectivity index (χ0v) is 13.2. The van der Waals surface area contributed by atoms with E-state index in [-0.39, 0.29) is 18.4 Å². The van der Waals surface area contributed by atoms with Gasteiger partial charge in [-0.3, -0.25) is 9.59 Å².